The molecule has 0 aliphatic carbocycles. The number of anilines is 2. The standard InChI is InChI=1S/C12H17N5O2/c1-17(2)12(18)15-6-5-14-11-16-9-4-3-8(13)7-10(9)19-11/h3-4,7H,5-6,13H2,1-2H3,(H,14,16)(H,15,18). The van der Waals surface area contributed by atoms with Gasteiger partial charge in [-0.15, -0.1) is 0 Å². The molecule has 102 valence electrons. The van der Waals surface area contributed by atoms with E-state index in [9.17, 15) is 4.79 Å². The van der Waals surface area contributed by atoms with Crippen LogP contribution < -0.4 is 16.4 Å². The number of nitrogens with two attached hydrogens (primary N) is 1. The van der Waals surface area contributed by atoms with Gasteiger partial charge in [0.25, 0.3) is 6.01 Å². The van der Waals surface area contributed by atoms with Gasteiger partial charge in [0.2, 0.25) is 0 Å². The first-order valence-corrected chi connectivity index (χ1v) is 5.91. The van der Waals surface area contributed by atoms with Crippen molar-refractivity contribution < 1.29 is 9.21 Å². The summed E-state index contributed by atoms with van der Waals surface area (Å²) in [6.07, 6.45) is 0. The van der Waals surface area contributed by atoms with Crippen LogP contribution in [0.5, 0.6) is 0 Å². The molecular formula is C12H17N5O2. The zero-order chi connectivity index (χ0) is 13.8. The third kappa shape index (κ3) is 3.27. The molecular weight excluding hydrogens is 246 g/mol. The van der Waals surface area contributed by atoms with Gasteiger partial charge in [0.15, 0.2) is 5.58 Å². The van der Waals surface area contributed by atoms with Gasteiger partial charge in [-0.2, -0.15) is 4.98 Å². The summed E-state index contributed by atoms with van der Waals surface area (Å²) < 4.78 is 5.48. The second-order valence-electron chi connectivity index (χ2n) is 4.30. The topological polar surface area (TPSA) is 96.4 Å². The van der Waals surface area contributed by atoms with Gasteiger partial charge in [-0.1, -0.05) is 0 Å². The van der Waals surface area contributed by atoms with Gasteiger partial charge in [0.05, 0.1) is 0 Å². The zero-order valence-electron chi connectivity index (χ0n) is 10.9. The number of urea groups is 1. The van der Waals surface area contributed by atoms with Crippen molar-refractivity contribution in [3.8, 4) is 0 Å². The highest BCUT2D eigenvalue weighted by Gasteiger charge is 2.06. The summed E-state index contributed by atoms with van der Waals surface area (Å²) in [5.74, 6) is 0. The first kappa shape index (κ1) is 13.0. The number of oxazole rings is 1. The van der Waals surface area contributed by atoms with E-state index >= 15 is 0 Å². The number of fused-ring (bicyclic) bond motifs is 1. The smallest absolute Gasteiger partial charge is 0.316 e. The van der Waals surface area contributed by atoms with Crippen molar-refractivity contribution in [1.29, 1.82) is 0 Å². The molecule has 1 heterocycles. The molecule has 19 heavy (non-hydrogen) atoms. The highest BCUT2D eigenvalue weighted by molar-refractivity contribution is 5.78. The maximum absolute atomic E-state index is 11.3. The van der Waals surface area contributed by atoms with Crippen molar-refractivity contribution >= 4 is 28.8 Å². The van der Waals surface area contributed by atoms with E-state index in [4.69, 9.17) is 10.2 Å². The molecule has 0 aliphatic heterocycles. The van der Waals surface area contributed by atoms with Gasteiger partial charge in [-0.3, -0.25) is 0 Å². The molecule has 0 atom stereocenters. The lowest BCUT2D eigenvalue weighted by atomic mass is 10.3. The highest BCUT2D eigenvalue weighted by Crippen LogP contribution is 2.20. The fraction of sp³-hybridized carbons (Fsp3) is 0.333. The summed E-state index contributed by atoms with van der Waals surface area (Å²) in [4.78, 5) is 17.0. The number of rotatable bonds is 4. The Morgan fingerprint density at radius 1 is 1.42 bits per heavy atom. The van der Waals surface area contributed by atoms with Gasteiger partial charge in [0.1, 0.15) is 5.52 Å². The van der Waals surface area contributed by atoms with Crippen molar-refractivity contribution in [3.05, 3.63) is 18.2 Å². The van der Waals surface area contributed by atoms with Crippen LogP contribution in [-0.2, 0) is 0 Å². The van der Waals surface area contributed by atoms with Crippen LogP contribution in [0.4, 0.5) is 16.5 Å². The predicted octanol–water partition coefficient (Wildman–Crippen LogP) is 1.09. The summed E-state index contributed by atoms with van der Waals surface area (Å²) in [7, 11) is 3.38. The number of nitrogens with zero attached hydrogens (tertiary/aromatic N) is 2. The Balaban J connectivity index is 1.86. The van der Waals surface area contributed by atoms with Crippen LogP contribution in [0.3, 0.4) is 0 Å². The van der Waals surface area contributed by atoms with Crippen LogP contribution in [0.25, 0.3) is 11.1 Å². The van der Waals surface area contributed by atoms with Gasteiger partial charge in [-0.05, 0) is 12.1 Å². The van der Waals surface area contributed by atoms with E-state index in [2.05, 4.69) is 15.6 Å². The fourth-order valence-corrected chi connectivity index (χ4v) is 1.51. The Morgan fingerprint density at radius 3 is 2.95 bits per heavy atom. The Kier molecular flexibility index (Phi) is 3.74. The summed E-state index contributed by atoms with van der Waals surface area (Å²) in [6.45, 7) is 1.01. The summed E-state index contributed by atoms with van der Waals surface area (Å²) >= 11 is 0. The van der Waals surface area contributed by atoms with E-state index in [1.807, 2.05) is 0 Å². The highest BCUT2D eigenvalue weighted by atomic mass is 16.4. The number of benzene rings is 1. The molecule has 4 N–H and O–H groups in total. The fourth-order valence-electron chi connectivity index (χ4n) is 1.51. The van der Waals surface area contributed by atoms with Crippen LogP contribution in [0.2, 0.25) is 0 Å². The molecule has 0 saturated carbocycles. The molecule has 0 fully saturated rings. The van der Waals surface area contributed by atoms with Crippen molar-refractivity contribution in [3.63, 3.8) is 0 Å². The molecule has 0 unspecified atom stereocenters. The van der Waals surface area contributed by atoms with E-state index in [-0.39, 0.29) is 6.03 Å². The molecule has 0 bridgehead atoms. The van der Waals surface area contributed by atoms with Crippen molar-refractivity contribution in [1.82, 2.24) is 15.2 Å². The van der Waals surface area contributed by atoms with Crippen LogP contribution >= 0.6 is 0 Å². The van der Waals surface area contributed by atoms with E-state index < -0.39 is 0 Å². The Hall–Kier alpha value is -2.44. The van der Waals surface area contributed by atoms with Crippen molar-refractivity contribution in [2.24, 2.45) is 0 Å². The van der Waals surface area contributed by atoms with E-state index in [0.717, 1.165) is 5.52 Å². The Bertz CT molecular complexity index is 579. The minimum absolute atomic E-state index is 0.132. The number of hydrogen-bond donors (Lipinski definition) is 3. The maximum Gasteiger partial charge on any atom is 0.316 e. The maximum atomic E-state index is 11.3. The molecule has 0 saturated heterocycles. The predicted molar refractivity (Wildman–Crippen MR) is 74.0 cm³/mol. The normalized spacial score (nSPS) is 10.4. The summed E-state index contributed by atoms with van der Waals surface area (Å²) in [6, 6.07) is 5.58. The number of amides is 2. The van der Waals surface area contributed by atoms with E-state index in [0.29, 0.717) is 30.4 Å². The average Bonchev–Trinajstić information content (AvgIpc) is 2.75. The molecule has 7 nitrogen and oxygen atoms in total. The van der Waals surface area contributed by atoms with Crippen LogP contribution in [0.15, 0.2) is 22.6 Å². The molecule has 1 aromatic heterocycles. The number of carbonyl (C=O) groups excluding carboxylic acids is 1. The second kappa shape index (κ2) is 5.47. The first-order valence-electron chi connectivity index (χ1n) is 5.91. The second-order valence-corrected chi connectivity index (χ2v) is 4.30. The first-order chi connectivity index (χ1) is 9.06. The van der Waals surface area contributed by atoms with Gasteiger partial charge >= 0.3 is 6.03 Å². The molecule has 2 rings (SSSR count). The van der Waals surface area contributed by atoms with E-state index in [1.165, 1.54) is 4.90 Å². The molecule has 0 aliphatic rings. The minimum atomic E-state index is -0.132. The third-order valence-corrected chi connectivity index (χ3v) is 2.50. The molecule has 2 amide bonds. The number of nitrogen functional groups attached to an aromatic ring is 1. The van der Waals surface area contributed by atoms with Crippen molar-refractivity contribution in [2.45, 2.75) is 0 Å². The van der Waals surface area contributed by atoms with Gasteiger partial charge in [-0.25, -0.2) is 4.79 Å². The molecule has 0 radical (unpaired) electrons. The number of nitrogens with one attached hydrogen (secondary N) is 2. The minimum Gasteiger partial charge on any atom is -0.423 e. The monoisotopic (exact) mass is 263 g/mol. The largest absolute Gasteiger partial charge is 0.423 e. The lowest BCUT2D eigenvalue weighted by Gasteiger charge is -2.11. The molecule has 1 aromatic carbocycles. The lowest BCUT2D eigenvalue weighted by Crippen LogP contribution is -2.37. The molecule has 0 spiro atoms. The molecule has 7 heteroatoms. The molecule has 2 aromatic rings. The van der Waals surface area contributed by atoms with Crippen LogP contribution in [-0.4, -0.2) is 43.1 Å². The van der Waals surface area contributed by atoms with Crippen molar-refractivity contribution in [2.75, 3.05) is 38.2 Å². The quantitative estimate of drug-likeness (QED) is 0.567. The number of carbonyl (C=O) groups is 1. The number of hydrogen-bond acceptors (Lipinski definition) is 5. The third-order valence-electron chi connectivity index (χ3n) is 2.50. The Morgan fingerprint density at radius 2 is 2.21 bits per heavy atom. The summed E-state index contributed by atoms with van der Waals surface area (Å²) in [5.41, 5.74) is 7.67. The Labute approximate surface area is 110 Å². The lowest BCUT2D eigenvalue weighted by molar-refractivity contribution is 0.218. The average molecular weight is 263 g/mol. The zero-order valence-corrected chi connectivity index (χ0v) is 10.9. The summed E-state index contributed by atoms with van der Waals surface area (Å²) in [5, 5.41) is 5.73. The van der Waals surface area contributed by atoms with E-state index in [1.54, 1.807) is 32.3 Å². The number of aromatic nitrogens is 1. The van der Waals surface area contributed by atoms with Crippen LogP contribution in [0, 0.1) is 0 Å². The van der Waals surface area contributed by atoms with Gasteiger partial charge in [0, 0.05) is 38.9 Å². The van der Waals surface area contributed by atoms with Crippen LogP contribution in [0.1, 0.15) is 0 Å². The van der Waals surface area contributed by atoms with Gasteiger partial charge < -0.3 is 25.7 Å². The SMILES string of the molecule is CN(C)C(=O)NCCNc1nc2ccc(N)cc2o1.